The van der Waals surface area contributed by atoms with Crippen molar-refractivity contribution in [3.8, 4) is 0 Å². The van der Waals surface area contributed by atoms with Gasteiger partial charge in [-0.15, -0.1) is 0 Å². The third kappa shape index (κ3) is 17.7. The van der Waals surface area contributed by atoms with Crippen molar-refractivity contribution in [2.24, 2.45) is 0 Å². The maximum atomic E-state index is 12.2. The maximum absolute atomic E-state index is 12.2. The molecule has 0 aromatic rings. The van der Waals surface area contributed by atoms with E-state index in [0.29, 0.717) is 6.04 Å². The van der Waals surface area contributed by atoms with Crippen molar-refractivity contribution in [3.05, 3.63) is 0 Å². The van der Waals surface area contributed by atoms with E-state index in [0.717, 1.165) is 58.3 Å². The second-order valence-electron chi connectivity index (χ2n) is 6.29. The molecule has 0 aromatic carbocycles. The number of hydrogen-bond acceptors (Lipinski definition) is 4. The van der Waals surface area contributed by atoms with Crippen LogP contribution in [0.1, 0.15) is 73.1 Å². The third-order valence-electron chi connectivity index (χ3n) is 3.72. The number of hydrogen-bond donors (Lipinski definition) is 4. The van der Waals surface area contributed by atoms with E-state index in [1.54, 1.807) is 0 Å². The molecule has 0 spiro atoms. The zero-order chi connectivity index (χ0) is 18.6. The van der Waals surface area contributed by atoms with Crippen molar-refractivity contribution < 1.29 is 4.79 Å². The van der Waals surface area contributed by atoms with Gasteiger partial charge in [-0.1, -0.05) is 40.5 Å². The maximum Gasteiger partial charge on any atom is 0.237 e. The number of carbonyl (C=O) groups excluding carboxylic acids is 1. The molecule has 146 valence electrons. The molecule has 0 aliphatic heterocycles. The number of likely N-dealkylation sites (N-methyl/N-ethyl adjacent to an activating group) is 1. The quantitative estimate of drug-likeness (QED) is 0.366. The lowest BCUT2D eigenvalue weighted by Crippen LogP contribution is -2.44. The Balaban J connectivity index is 0. The molecular formula is C19H44N4O. The molecule has 1 amide bonds. The van der Waals surface area contributed by atoms with E-state index in [2.05, 4.69) is 49.0 Å². The normalized spacial score (nSPS) is 12.9. The fourth-order valence-electron chi connectivity index (χ4n) is 2.23. The van der Waals surface area contributed by atoms with Gasteiger partial charge in [-0.3, -0.25) is 4.79 Å². The topological polar surface area (TPSA) is 65.2 Å². The van der Waals surface area contributed by atoms with Crippen molar-refractivity contribution in [3.63, 3.8) is 0 Å². The Hall–Kier alpha value is -0.650. The first-order valence-electron chi connectivity index (χ1n) is 9.96. The Kier molecular flexibility index (Phi) is 21.7. The molecule has 0 heterocycles. The standard InChI is InChI=1S/C16H36N4O.C3H8/c1-5-18-12-8-7-11-15(19-6-2)16(21)20-13-9-10-14(3)17-4;1-3-2/h14-15,17-19H,5-13H2,1-4H3,(H,20,21);3H2,1-2H3. The fraction of sp³-hybridized carbons (Fsp3) is 0.947. The Morgan fingerprint density at radius 3 is 2.12 bits per heavy atom. The zero-order valence-electron chi connectivity index (χ0n) is 17.1. The van der Waals surface area contributed by atoms with E-state index in [9.17, 15) is 4.79 Å². The largest absolute Gasteiger partial charge is 0.355 e. The molecule has 4 N–H and O–H groups in total. The molecule has 5 nitrogen and oxygen atoms in total. The van der Waals surface area contributed by atoms with Gasteiger partial charge in [-0.2, -0.15) is 0 Å². The first-order valence-corrected chi connectivity index (χ1v) is 9.96. The minimum atomic E-state index is -0.0432. The van der Waals surface area contributed by atoms with Crippen molar-refractivity contribution in [2.75, 3.05) is 33.2 Å². The molecule has 24 heavy (non-hydrogen) atoms. The number of carbonyl (C=O) groups is 1. The molecule has 5 heteroatoms. The van der Waals surface area contributed by atoms with Gasteiger partial charge in [0, 0.05) is 12.6 Å². The molecule has 0 saturated heterocycles. The molecule has 2 unspecified atom stereocenters. The van der Waals surface area contributed by atoms with E-state index in [1.165, 1.54) is 6.42 Å². The average molecular weight is 345 g/mol. The Morgan fingerprint density at radius 1 is 0.917 bits per heavy atom. The van der Waals surface area contributed by atoms with Gasteiger partial charge >= 0.3 is 0 Å². The van der Waals surface area contributed by atoms with Gasteiger partial charge in [0.15, 0.2) is 0 Å². The highest BCUT2D eigenvalue weighted by Gasteiger charge is 2.16. The van der Waals surface area contributed by atoms with Crippen LogP contribution in [0.3, 0.4) is 0 Å². The predicted octanol–water partition coefficient (Wildman–Crippen LogP) is 2.66. The molecule has 0 saturated carbocycles. The van der Waals surface area contributed by atoms with Crippen LogP contribution in [0.15, 0.2) is 0 Å². The van der Waals surface area contributed by atoms with Crippen LogP contribution in [0, 0.1) is 0 Å². The molecule has 0 radical (unpaired) electrons. The van der Waals surface area contributed by atoms with Gasteiger partial charge in [0.25, 0.3) is 0 Å². The van der Waals surface area contributed by atoms with E-state index in [4.69, 9.17) is 0 Å². The summed E-state index contributed by atoms with van der Waals surface area (Å²) >= 11 is 0. The molecule has 0 aliphatic carbocycles. The highest BCUT2D eigenvalue weighted by Crippen LogP contribution is 2.02. The Labute approximate surface area is 151 Å². The second kappa shape index (κ2) is 20.4. The summed E-state index contributed by atoms with van der Waals surface area (Å²) in [5.41, 5.74) is 0. The van der Waals surface area contributed by atoms with Crippen LogP contribution in [0.4, 0.5) is 0 Å². The van der Waals surface area contributed by atoms with Gasteiger partial charge in [-0.25, -0.2) is 0 Å². The molecule has 0 fully saturated rings. The number of rotatable bonds is 14. The smallest absolute Gasteiger partial charge is 0.237 e. The number of nitrogens with one attached hydrogen (secondary N) is 4. The predicted molar refractivity (Wildman–Crippen MR) is 107 cm³/mol. The summed E-state index contributed by atoms with van der Waals surface area (Å²) in [5.74, 6) is 0.150. The van der Waals surface area contributed by atoms with Crippen LogP contribution in [-0.4, -0.2) is 51.2 Å². The molecular weight excluding hydrogens is 300 g/mol. The van der Waals surface area contributed by atoms with Gasteiger partial charge in [0.2, 0.25) is 5.91 Å². The summed E-state index contributed by atoms with van der Waals surface area (Å²) in [6, 6.07) is 0.468. The monoisotopic (exact) mass is 344 g/mol. The van der Waals surface area contributed by atoms with Crippen molar-refractivity contribution in [1.82, 2.24) is 21.3 Å². The van der Waals surface area contributed by atoms with Gasteiger partial charge in [0.1, 0.15) is 0 Å². The van der Waals surface area contributed by atoms with Gasteiger partial charge in [-0.05, 0) is 59.3 Å². The minimum Gasteiger partial charge on any atom is -0.355 e. The lowest BCUT2D eigenvalue weighted by atomic mass is 10.1. The van der Waals surface area contributed by atoms with Crippen LogP contribution in [0.2, 0.25) is 0 Å². The Bertz CT molecular complexity index is 262. The fourth-order valence-corrected chi connectivity index (χ4v) is 2.23. The first-order chi connectivity index (χ1) is 11.6. The van der Waals surface area contributed by atoms with Crippen LogP contribution < -0.4 is 21.3 Å². The molecule has 0 aliphatic rings. The zero-order valence-corrected chi connectivity index (χ0v) is 17.1. The summed E-state index contributed by atoms with van der Waals surface area (Å²) in [7, 11) is 1.97. The van der Waals surface area contributed by atoms with Gasteiger partial charge < -0.3 is 21.3 Å². The SMILES string of the molecule is CCC.CCNCCCCC(NCC)C(=O)NCCCC(C)NC. The molecule has 0 aromatic heterocycles. The van der Waals surface area contributed by atoms with Crippen LogP contribution in [0.5, 0.6) is 0 Å². The minimum absolute atomic E-state index is 0.0432. The lowest BCUT2D eigenvalue weighted by Gasteiger charge is -2.18. The summed E-state index contributed by atoms with van der Waals surface area (Å²) in [5, 5.41) is 12.9. The second-order valence-corrected chi connectivity index (χ2v) is 6.29. The third-order valence-corrected chi connectivity index (χ3v) is 3.72. The highest BCUT2D eigenvalue weighted by atomic mass is 16.2. The van der Waals surface area contributed by atoms with Crippen LogP contribution in [-0.2, 0) is 4.79 Å². The summed E-state index contributed by atoms with van der Waals surface area (Å²) < 4.78 is 0. The van der Waals surface area contributed by atoms with Gasteiger partial charge in [0.05, 0.1) is 6.04 Å². The van der Waals surface area contributed by atoms with Crippen LogP contribution >= 0.6 is 0 Å². The Morgan fingerprint density at radius 2 is 1.58 bits per heavy atom. The average Bonchev–Trinajstić information content (AvgIpc) is 2.57. The summed E-state index contributed by atoms with van der Waals surface area (Å²) in [6.45, 7) is 14.2. The van der Waals surface area contributed by atoms with E-state index >= 15 is 0 Å². The molecule has 0 rings (SSSR count). The van der Waals surface area contributed by atoms with Crippen LogP contribution in [0.25, 0.3) is 0 Å². The number of unbranched alkanes of at least 4 members (excludes halogenated alkanes) is 1. The van der Waals surface area contributed by atoms with Crippen molar-refractivity contribution in [1.29, 1.82) is 0 Å². The van der Waals surface area contributed by atoms with E-state index in [1.807, 2.05) is 14.0 Å². The molecule has 0 bridgehead atoms. The number of amides is 1. The van der Waals surface area contributed by atoms with Crippen molar-refractivity contribution in [2.45, 2.75) is 85.2 Å². The van der Waals surface area contributed by atoms with E-state index < -0.39 is 0 Å². The van der Waals surface area contributed by atoms with Crippen molar-refractivity contribution >= 4 is 5.91 Å². The molecule has 2 atom stereocenters. The summed E-state index contributed by atoms with van der Waals surface area (Å²) in [6.07, 6.45) is 6.48. The highest BCUT2D eigenvalue weighted by molar-refractivity contribution is 5.81. The van der Waals surface area contributed by atoms with E-state index in [-0.39, 0.29) is 11.9 Å². The summed E-state index contributed by atoms with van der Waals surface area (Å²) in [4.78, 5) is 12.2. The lowest BCUT2D eigenvalue weighted by molar-refractivity contribution is -0.123. The first kappa shape index (κ1) is 25.6.